The first-order valence-corrected chi connectivity index (χ1v) is 8.48. The summed E-state index contributed by atoms with van der Waals surface area (Å²) in [5.41, 5.74) is 0.924. The van der Waals surface area contributed by atoms with E-state index in [1.54, 1.807) is 7.11 Å². The number of methoxy groups -OCH3 is 1. The first-order valence-electron chi connectivity index (χ1n) is 8.48. The maximum atomic E-state index is 5.39. The minimum Gasteiger partial charge on any atom is -0.377 e. The molecular formula is C17H20N6O3. The van der Waals surface area contributed by atoms with Crippen molar-refractivity contribution in [1.82, 2.24) is 25.2 Å². The summed E-state index contributed by atoms with van der Waals surface area (Å²) in [6.45, 7) is 4.33. The van der Waals surface area contributed by atoms with Crippen LogP contribution in [0, 0.1) is 0 Å². The summed E-state index contributed by atoms with van der Waals surface area (Å²) in [7, 11) is 1.61. The molecule has 0 unspecified atom stereocenters. The minimum absolute atomic E-state index is 0.360. The van der Waals surface area contributed by atoms with Crippen molar-refractivity contribution in [2.75, 3.05) is 38.2 Å². The Kier molecular flexibility index (Phi) is 4.89. The summed E-state index contributed by atoms with van der Waals surface area (Å²) < 4.78 is 15.6. The molecule has 136 valence electrons. The summed E-state index contributed by atoms with van der Waals surface area (Å²) in [5, 5.41) is 8.00. The molecule has 26 heavy (non-hydrogen) atoms. The summed E-state index contributed by atoms with van der Waals surface area (Å²) in [6.07, 6.45) is 0. The van der Waals surface area contributed by atoms with E-state index in [-0.39, 0.29) is 0 Å². The number of ether oxygens (including phenoxy) is 1. The number of rotatable bonds is 6. The van der Waals surface area contributed by atoms with Crippen molar-refractivity contribution >= 4 is 5.95 Å². The van der Waals surface area contributed by atoms with Gasteiger partial charge in [0.15, 0.2) is 5.82 Å². The van der Waals surface area contributed by atoms with Crippen LogP contribution in [-0.4, -0.2) is 58.5 Å². The Bertz CT molecular complexity index is 826. The Balaban J connectivity index is 1.33. The fourth-order valence-electron chi connectivity index (χ4n) is 2.88. The molecule has 9 nitrogen and oxygen atoms in total. The molecule has 4 rings (SSSR count). The average molecular weight is 356 g/mol. The number of hydrogen-bond acceptors (Lipinski definition) is 9. The van der Waals surface area contributed by atoms with Crippen LogP contribution in [0.1, 0.15) is 11.7 Å². The van der Waals surface area contributed by atoms with E-state index in [9.17, 15) is 0 Å². The number of hydrogen-bond donors (Lipinski definition) is 0. The standard InChI is InChI=1S/C17H20N6O3/c1-24-12-14-18-15(25-20-14)11-22-7-9-23(10-8-22)17-19-16(26-21-17)13-5-3-2-4-6-13/h2-6H,7-12H2,1H3. The Morgan fingerprint density at radius 1 is 1.00 bits per heavy atom. The van der Waals surface area contributed by atoms with Crippen LogP contribution < -0.4 is 4.90 Å². The lowest BCUT2D eigenvalue weighted by Gasteiger charge is -2.32. The van der Waals surface area contributed by atoms with Gasteiger partial charge in [-0.15, -0.1) is 0 Å². The van der Waals surface area contributed by atoms with Crippen LogP contribution in [0.3, 0.4) is 0 Å². The van der Waals surface area contributed by atoms with Crippen LogP contribution in [0.2, 0.25) is 0 Å². The topological polar surface area (TPSA) is 93.6 Å². The number of piperazine rings is 1. The quantitative estimate of drug-likeness (QED) is 0.652. The number of aromatic nitrogens is 4. The van der Waals surface area contributed by atoms with Gasteiger partial charge in [0.25, 0.3) is 11.8 Å². The van der Waals surface area contributed by atoms with Crippen molar-refractivity contribution < 1.29 is 13.8 Å². The third kappa shape index (κ3) is 3.73. The molecule has 3 heterocycles. The smallest absolute Gasteiger partial charge is 0.266 e. The lowest BCUT2D eigenvalue weighted by Crippen LogP contribution is -2.46. The SMILES string of the molecule is COCc1noc(CN2CCN(c3noc(-c4ccccc4)n3)CC2)n1. The molecule has 0 spiro atoms. The zero-order valence-electron chi connectivity index (χ0n) is 14.5. The fraction of sp³-hybridized carbons (Fsp3) is 0.412. The monoisotopic (exact) mass is 356 g/mol. The van der Waals surface area contributed by atoms with Crippen molar-refractivity contribution in [2.45, 2.75) is 13.2 Å². The molecule has 0 aliphatic carbocycles. The van der Waals surface area contributed by atoms with Gasteiger partial charge in [-0.25, -0.2) is 0 Å². The van der Waals surface area contributed by atoms with Gasteiger partial charge in [0.05, 0.1) is 6.54 Å². The lowest BCUT2D eigenvalue weighted by atomic mass is 10.2. The van der Waals surface area contributed by atoms with Gasteiger partial charge >= 0.3 is 0 Å². The van der Waals surface area contributed by atoms with Crippen LogP contribution in [-0.2, 0) is 17.9 Å². The van der Waals surface area contributed by atoms with E-state index in [2.05, 4.69) is 30.1 Å². The number of anilines is 1. The van der Waals surface area contributed by atoms with Crippen molar-refractivity contribution in [2.24, 2.45) is 0 Å². The zero-order valence-corrected chi connectivity index (χ0v) is 14.5. The Labute approximate surface area is 150 Å². The van der Waals surface area contributed by atoms with Crippen LogP contribution >= 0.6 is 0 Å². The highest BCUT2D eigenvalue weighted by atomic mass is 16.5. The molecule has 9 heteroatoms. The third-order valence-electron chi connectivity index (χ3n) is 4.23. The molecule has 0 atom stereocenters. The van der Waals surface area contributed by atoms with Crippen molar-refractivity contribution in [3.63, 3.8) is 0 Å². The van der Waals surface area contributed by atoms with E-state index in [4.69, 9.17) is 13.8 Å². The van der Waals surface area contributed by atoms with Gasteiger partial charge < -0.3 is 18.7 Å². The Morgan fingerprint density at radius 3 is 2.58 bits per heavy atom. The lowest BCUT2D eigenvalue weighted by molar-refractivity contribution is 0.174. The molecule has 1 aliphatic rings. The minimum atomic E-state index is 0.360. The van der Waals surface area contributed by atoms with E-state index >= 15 is 0 Å². The highest BCUT2D eigenvalue weighted by molar-refractivity contribution is 5.54. The molecule has 3 aromatic rings. The van der Waals surface area contributed by atoms with Gasteiger partial charge in [-0.3, -0.25) is 4.90 Å². The van der Waals surface area contributed by atoms with Gasteiger partial charge in [-0.05, 0) is 17.3 Å². The van der Waals surface area contributed by atoms with E-state index < -0.39 is 0 Å². The first kappa shape index (κ1) is 16.7. The maximum Gasteiger partial charge on any atom is 0.266 e. The Hall–Kier alpha value is -2.78. The van der Waals surface area contributed by atoms with Gasteiger partial charge in [-0.1, -0.05) is 23.4 Å². The second kappa shape index (κ2) is 7.63. The van der Waals surface area contributed by atoms with E-state index in [0.717, 1.165) is 31.7 Å². The summed E-state index contributed by atoms with van der Waals surface area (Å²) >= 11 is 0. The van der Waals surface area contributed by atoms with Crippen LogP contribution in [0.5, 0.6) is 0 Å². The molecule has 0 radical (unpaired) electrons. The second-order valence-electron chi connectivity index (χ2n) is 6.07. The molecule has 1 saturated heterocycles. The zero-order chi connectivity index (χ0) is 17.8. The number of benzene rings is 1. The predicted octanol–water partition coefficient (Wildman–Crippen LogP) is 1.59. The first-order chi connectivity index (χ1) is 12.8. The van der Waals surface area contributed by atoms with E-state index in [0.29, 0.717) is 36.7 Å². The summed E-state index contributed by atoms with van der Waals surface area (Å²) in [5.74, 6) is 2.35. The molecule has 0 saturated carbocycles. The van der Waals surface area contributed by atoms with Gasteiger partial charge in [-0.2, -0.15) is 9.97 Å². The molecular weight excluding hydrogens is 336 g/mol. The highest BCUT2D eigenvalue weighted by Crippen LogP contribution is 2.21. The van der Waals surface area contributed by atoms with Crippen LogP contribution in [0.25, 0.3) is 11.5 Å². The highest BCUT2D eigenvalue weighted by Gasteiger charge is 2.22. The average Bonchev–Trinajstić information content (AvgIpc) is 3.33. The molecule has 0 N–H and O–H groups in total. The fourth-order valence-corrected chi connectivity index (χ4v) is 2.88. The molecule has 2 aromatic heterocycles. The largest absolute Gasteiger partial charge is 0.377 e. The van der Waals surface area contributed by atoms with Crippen molar-refractivity contribution in [1.29, 1.82) is 0 Å². The van der Waals surface area contributed by atoms with Crippen molar-refractivity contribution in [3.8, 4) is 11.5 Å². The number of nitrogens with zero attached hydrogens (tertiary/aromatic N) is 6. The molecule has 0 bridgehead atoms. The molecule has 1 fully saturated rings. The predicted molar refractivity (Wildman–Crippen MR) is 92.2 cm³/mol. The normalized spacial score (nSPS) is 15.5. The van der Waals surface area contributed by atoms with E-state index in [1.807, 2.05) is 30.3 Å². The van der Waals surface area contributed by atoms with Gasteiger partial charge in [0.1, 0.15) is 6.61 Å². The summed E-state index contributed by atoms with van der Waals surface area (Å²) in [4.78, 5) is 13.2. The maximum absolute atomic E-state index is 5.39. The third-order valence-corrected chi connectivity index (χ3v) is 4.23. The Morgan fingerprint density at radius 2 is 1.81 bits per heavy atom. The second-order valence-corrected chi connectivity index (χ2v) is 6.07. The van der Waals surface area contributed by atoms with Gasteiger partial charge in [0, 0.05) is 38.9 Å². The van der Waals surface area contributed by atoms with Gasteiger partial charge in [0.2, 0.25) is 5.89 Å². The molecule has 1 aliphatic heterocycles. The van der Waals surface area contributed by atoms with E-state index in [1.165, 1.54) is 0 Å². The van der Waals surface area contributed by atoms with Crippen LogP contribution in [0.4, 0.5) is 5.95 Å². The van der Waals surface area contributed by atoms with Crippen molar-refractivity contribution in [3.05, 3.63) is 42.0 Å². The molecule has 1 aromatic carbocycles. The molecule has 0 amide bonds. The van der Waals surface area contributed by atoms with Crippen LogP contribution in [0.15, 0.2) is 39.4 Å². The summed E-state index contributed by atoms with van der Waals surface area (Å²) in [6, 6.07) is 9.78.